The van der Waals surface area contributed by atoms with E-state index in [9.17, 15) is 0 Å². The topological polar surface area (TPSA) is 27.0 Å². The van der Waals surface area contributed by atoms with Gasteiger partial charge in [0.05, 0.1) is 6.07 Å². The molecule has 1 aliphatic rings. The summed E-state index contributed by atoms with van der Waals surface area (Å²) in [7, 11) is 2.06. The van der Waals surface area contributed by atoms with Crippen LogP contribution in [0, 0.1) is 18.3 Å². The summed E-state index contributed by atoms with van der Waals surface area (Å²) >= 11 is 0. The molecule has 0 aliphatic heterocycles. The number of nitriles is 1. The molecule has 0 N–H and O–H groups in total. The highest BCUT2D eigenvalue weighted by molar-refractivity contribution is 5.75. The lowest BCUT2D eigenvalue weighted by Crippen LogP contribution is -2.16. The molecule has 2 nitrogen and oxygen atoms in total. The second-order valence-electron chi connectivity index (χ2n) is 8.88. The standard InChI is InChI=1S/C14H14.C11H15N.C6H7N.C4H8/c1-12-6-5-9-14(11-10-12)13-7-3-2-4-8-13;1-4-9-12(3)11-7-5-10(2)6-8-11;1-3-6(4-2)5-7;1-4(2)3/h2-5,7-11H,6H2,1H3;4-8H,1,9H2,2-3H3;3-4H,1H2,2H3;1H2,2-3H3/b;;6-4+;. The van der Waals surface area contributed by atoms with Gasteiger partial charge in [0.25, 0.3) is 0 Å². The molecular formula is C35H44N2. The molecule has 194 valence electrons. The molecule has 3 rings (SSSR count). The van der Waals surface area contributed by atoms with Crippen LogP contribution < -0.4 is 4.90 Å². The van der Waals surface area contributed by atoms with Crippen LogP contribution >= 0.6 is 0 Å². The summed E-state index contributed by atoms with van der Waals surface area (Å²) in [6, 6.07) is 20.9. The van der Waals surface area contributed by atoms with Crippen LogP contribution in [0.15, 0.2) is 134 Å². The Labute approximate surface area is 226 Å². The maximum Gasteiger partial charge on any atom is 0.0987 e. The van der Waals surface area contributed by atoms with Gasteiger partial charge in [-0.2, -0.15) is 5.26 Å². The lowest BCUT2D eigenvalue weighted by Gasteiger charge is -2.16. The van der Waals surface area contributed by atoms with Crippen LogP contribution in [0.2, 0.25) is 0 Å². The SMILES string of the molecule is C=C(C)C.C=C/C(C#N)=C\C.C=CCN(C)c1ccc(C)cc1.CC1=CC=C(c2ccccc2)C=CC1. The van der Waals surface area contributed by atoms with E-state index in [-0.39, 0.29) is 0 Å². The van der Waals surface area contributed by atoms with Crippen molar-refractivity contribution < 1.29 is 0 Å². The maximum atomic E-state index is 8.14. The predicted octanol–water partition coefficient (Wildman–Crippen LogP) is 9.82. The van der Waals surface area contributed by atoms with Crippen molar-refractivity contribution in [2.24, 2.45) is 0 Å². The number of hydrogen-bond acceptors (Lipinski definition) is 2. The second kappa shape index (κ2) is 20.1. The van der Waals surface area contributed by atoms with Crippen molar-refractivity contribution in [2.45, 2.75) is 41.0 Å². The van der Waals surface area contributed by atoms with Crippen molar-refractivity contribution in [3.63, 3.8) is 0 Å². The van der Waals surface area contributed by atoms with Crippen molar-refractivity contribution in [3.8, 4) is 6.07 Å². The van der Waals surface area contributed by atoms with Crippen molar-refractivity contribution in [3.05, 3.63) is 145 Å². The predicted molar refractivity (Wildman–Crippen MR) is 167 cm³/mol. The zero-order valence-corrected chi connectivity index (χ0v) is 23.7. The summed E-state index contributed by atoms with van der Waals surface area (Å²) in [5.74, 6) is 0. The third kappa shape index (κ3) is 16.3. The molecule has 37 heavy (non-hydrogen) atoms. The Kier molecular flexibility index (Phi) is 17.9. The third-order valence-corrected chi connectivity index (χ3v) is 4.93. The Morgan fingerprint density at radius 3 is 2.05 bits per heavy atom. The minimum absolute atomic E-state index is 0.625. The Hall–Kier alpha value is -4.09. The van der Waals surface area contributed by atoms with Gasteiger partial charge in [-0.05, 0) is 64.3 Å². The van der Waals surface area contributed by atoms with Crippen LogP contribution in [-0.4, -0.2) is 13.6 Å². The first-order valence-corrected chi connectivity index (χ1v) is 12.5. The Balaban J connectivity index is 0.000000512. The Morgan fingerprint density at radius 1 is 1.00 bits per heavy atom. The largest absolute Gasteiger partial charge is 0.371 e. The zero-order chi connectivity index (χ0) is 28.1. The van der Waals surface area contributed by atoms with Crippen molar-refractivity contribution >= 4 is 11.3 Å². The van der Waals surface area contributed by atoms with Gasteiger partial charge >= 0.3 is 0 Å². The Morgan fingerprint density at radius 2 is 1.59 bits per heavy atom. The summed E-state index contributed by atoms with van der Waals surface area (Å²) in [6.45, 7) is 21.6. The average molecular weight is 493 g/mol. The van der Waals surface area contributed by atoms with E-state index < -0.39 is 0 Å². The maximum absolute atomic E-state index is 8.14. The normalized spacial score (nSPS) is 11.6. The van der Waals surface area contributed by atoms with Gasteiger partial charge in [0.15, 0.2) is 0 Å². The van der Waals surface area contributed by atoms with Gasteiger partial charge in [0.1, 0.15) is 0 Å². The first kappa shape index (κ1) is 32.9. The molecule has 0 bridgehead atoms. The number of nitrogens with zero attached hydrogens (tertiary/aromatic N) is 2. The minimum atomic E-state index is 0.625. The van der Waals surface area contributed by atoms with Gasteiger partial charge in [-0.15, -0.1) is 13.2 Å². The molecule has 0 radical (unpaired) electrons. The van der Waals surface area contributed by atoms with E-state index in [1.807, 2.05) is 32.1 Å². The van der Waals surface area contributed by atoms with Gasteiger partial charge in [0.2, 0.25) is 0 Å². The van der Waals surface area contributed by atoms with E-state index >= 15 is 0 Å². The molecule has 0 saturated carbocycles. The fourth-order valence-electron chi connectivity index (χ4n) is 2.88. The highest BCUT2D eigenvalue weighted by Crippen LogP contribution is 2.19. The van der Waals surface area contributed by atoms with Gasteiger partial charge in [0, 0.05) is 24.9 Å². The van der Waals surface area contributed by atoms with Crippen LogP contribution in [0.3, 0.4) is 0 Å². The fourth-order valence-corrected chi connectivity index (χ4v) is 2.88. The number of benzene rings is 2. The molecule has 0 unspecified atom stereocenters. The fraction of sp³-hybridized carbons (Fsp3) is 0.229. The van der Waals surface area contributed by atoms with Crippen LogP contribution in [0.5, 0.6) is 0 Å². The van der Waals surface area contributed by atoms with Crippen LogP contribution in [0.4, 0.5) is 5.69 Å². The Bertz CT molecular complexity index is 1110. The van der Waals surface area contributed by atoms with E-state index in [1.165, 1.54) is 39.6 Å². The number of allylic oxidation sites excluding steroid dienone is 10. The van der Waals surface area contributed by atoms with Gasteiger partial charge in [-0.3, -0.25) is 0 Å². The summed E-state index contributed by atoms with van der Waals surface area (Å²) in [4.78, 5) is 2.16. The molecular weight excluding hydrogens is 448 g/mol. The molecule has 0 aromatic heterocycles. The number of likely N-dealkylation sites (N-methyl/N-ethyl adjacent to an activating group) is 1. The van der Waals surface area contributed by atoms with Gasteiger partial charge in [-0.25, -0.2) is 0 Å². The van der Waals surface area contributed by atoms with Crippen LogP contribution in [-0.2, 0) is 0 Å². The average Bonchev–Trinajstić information content (AvgIpc) is 3.11. The van der Waals surface area contributed by atoms with Gasteiger partial charge < -0.3 is 4.90 Å². The molecule has 0 amide bonds. The number of aryl methyl sites for hydroxylation is 1. The zero-order valence-electron chi connectivity index (χ0n) is 23.7. The second-order valence-corrected chi connectivity index (χ2v) is 8.88. The summed E-state index contributed by atoms with van der Waals surface area (Å²) in [5.41, 5.74) is 8.32. The molecule has 2 heteroatoms. The summed E-state index contributed by atoms with van der Waals surface area (Å²) < 4.78 is 0. The van der Waals surface area contributed by atoms with Crippen molar-refractivity contribution in [2.75, 3.05) is 18.5 Å². The molecule has 1 aliphatic carbocycles. The van der Waals surface area contributed by atoms with E-state index in [4.69, 9.17) is 5.26 Å². The molecule has 2 aromatic carbocycles. The number of hydrogen-bond donors (Lipinski definition) is 0. The molecule has 0 atom stereocenters. The molecule has 2 aromatic rings. The first-order chi connectivity index (χ1) is 17.7. The monoisotopic (exact) mass is 492 g/mol. The first-order valence-electron chi connectivity index (χ1n) is 12.5. The lowest BCUT2D eigenvalue weighted by molar-refractivity contribution is 1.03. The number of rotatable bonds is 5. The van der Waals surface area contributed by atoms with E-state index in [2.05, 4.69) is 118 Å². The van der Waals surface area contributed by atoms with Crippen molar-refractivity contribution in [1.82, 2.24) is 0 Å². The number of anilines is 1. The highest BCUT2D eigenvalue weighted by atomic mass is 15.1. The summed E-state index contributed by atoms with van der Waals surface area (Å²) in [5, 5.41) is 8.14. The van der Waals surface area contributed by atoms with Gasteiger partial charge in [-0.1, -0.05) is 108 Å². The van der Waals surface area contributed by atoms with E-state index in [0.717, 1.165) is 13.0 Å². The van der Waals surface area contributed by atoms with E-state index in [0.29, 0.717) is 5.57 Å². The van der Waals surface area contributed by atoms with Crippen LogP contribution in [0.1, 0.15) is 45.2 Å². The summed E-state index contributed by atoms with van der Waals surface area (Å²) in [6.07, 6.45) is 15.0. The third-order valence-electron chi connectivity index (χ3n) is 4.93. The molecule has 0 heterocycles. The quantitative estimate of drug-likeness (QED) is 0.236. The molecule has 0 spiro atoms. The van der Waals surface area contributed by atoms with Crippen molar-refractivity contribution in [1.29, 1.82) is 5.26 Å². The molecule has 0 saturated heterocycles. The van der Waals surface area contributed by atoms with E-state index in [1.54, 1.807) is 13.0 Å². The lowest BCUT2D eigenvalue weighted by atomic mass is 10.1. The minimum Gasteiger partial charge on any atom is -0.371 e. The molecule has 0 fully saturated rings. The highest BCUT2D eigenvalue weighted by Gasteiger charge is 1.98. The smallest absolute Gasteiger partial charge is 0.0987 e. The van der Waals surface area contributed by atoms with Crippen LogP contribution in [0.25, 0.3) is 5.57 Å².